The summed E-state index contributed by atoms with van der Waals surface area (Å²) in [6.07, 6.45) is 5.98. The highest BCUT2D eigenvalue weighted by Gasteiger charge is 2.15. The lowest BCUT2D eigenvalue weighted by molar-refractivity contribution is 0.0581. The van der Waals surface area contributed by atoms with Crippen molar-refractivity contribution >= 4 is 5.91 Å². The Morgan fingerprint density at radius 1 is 1.30 bits per heavy atom. The molecule has 1 aliphatic carbocycles. The van der Waals surface area contributed by atoms with E-state index in [4.69, 9.17) is 10.5 Å². The van der Waals surface area contributed by atoms with Crippen LogP contribution in [0.1, 0.15) is 41.6 Å². The number of carbonyl (C=O) groups is 1. The molecule has 0 unspecified atom stereocenters. The number of carbonyl (C=O) groups excluding carboxylic acids is 1. The van der Waals surface area contributed by atoms with Crippen LogP contribution in [0.4, 0.5) is 0 Å². The standard InChI is InChI=1S/C16H24N2O2/c17-10-9-13-5-1-4-8-15(13)16(19)18-11-12-20-14-6-2-3-7-14/h1,4-5,8,14H,2-3,6-7,9-12,17H2,(H,18,19). The van der Waals surface area contributed by atoms with Crippen molar-refractivity contribution in [3.8, 4) is 0 Å². The number of nitrogens with two attached hydrogens (primary N) is 1. The molecule has 1 fully saturated rings. The Labute approximate surface area is 120 Å². The quantitative estimate of drug-likeness (QED) is 0.747. The molecule has 110 valence electrons. The summed E-state index contributed by atoms with van der Waals surface area (Å²) in [5.41, 5.74) is 7.29. The lowest BCUT2D eigenvalue weighted by Crippen LogP contribution is -2.29. The molecule has 3 N–H and O–H groups in total. The molecule has 20 heavy (non-hydrogen) atoms. The molecule has 0 spiro atoms. The molecular formula is C16H24N2O2. The molecule has 0 saturated heterocycles. The first-order chi connectivity index (χ1) is 9.81. The molecule has 2 rings (SSSR count). The first-order valence-electron chi connectivity index (χ1n) is 7.49. The van der Waals surface area contributed by atoms with Crippen LogP contribution in [-0.4, -0.2) is 31.7 Å². The third-order valence-corrected chi connectivity index (χ3v) is 3.72. The van der Waals surface area contributed by atoms with Crippen LogP contribution in [0.3, 0.4) is 0 Å². The van der Waals surface area contributed by atoms with Crippen LogP contribution in [0.25, 0.3) is 0 Å². The van der Waals surface area contributed by atoms with E-state index < -0.39 is 0 Å². The van der Waals surface area contributed by atoms with Gasteiger partial charge in [-0.2, -0.15) is 0 Å². The number of amides is 1. The van der Waals surface area contributed by atoms with Gasteiger partial charge in [-0.1, -0.05) is 31.0 Å². The third kappa shape index (κ3) is 4.32. The molecule has 1 aromatic rings. The molecule has 0 aliphatic heterocycles. The Bertz CT molecular complexity index is 428. The van der Waals surface area contributed by atoms with Gasteiger partial charge in [0.25, 0.3) is 5.91 Å². The van der Waals surface area contributed by atoms with Gasteiger partial charge in [0.15, 0.2) is 0 Å². The van der Waals surface area contributed by atoms with Crippen LogP contribution < -0.4 is 11.1 Å². The first-order valence-corrected chi connectivity index (χ1v) is 7.49. The zero-order chi connectivity index (χ0) is 14.2. The molecule has 1 saturated carbocycles. The van der Waals surface area contributed by atoms with Gasteiger partial charge in [-0.05, 0) is 37.4 Å². The van der Waals surface area contributed by atoms with Crippen molar-refractivity contribution in [1.82, 2.24) is 5.32 Å². The molecule has 0 heterocycles. The average molecular weight is 276 g/mol. The predicted octanol–water partition coefficient (Wildman–Crippen LogP) is 1.88. The van der Waals surface area contributed by atoms with Crippen molar-refractivity contribution in [3.05, 3.63) is 35.4 Å². The fraction of sp³-hybridized carbons (Fsp3) is 0.562. The van der Waals surface area contributed by atoms with E-state index in [0.29, 0.717) is 25.8 Å². The monoisotopic (exact) mass is 276 g/mol. The molecule has 1 aliphatic rings. The van der Waals surface area contributed by atoms with Crippen LogP contribution in [-0.2, 0) is 11.2 Å². The Morgan fingerprint density at radius 3 is 2.80 bits per heavy atom. The van der Waals surface area contributed by atoms with Crippen LogP contribution in [0.15, 0.2) is 24.3 Å². The Balaban J connectivity index is 1.76. The van der Waals surface area contributed by atoms with Gasteiger partial charge >= 0.3 is 0 Å². The van der Waals surface area contributed by atoms with Crippen molar-refractivity contribution in [2.45, 2.75) is 38.2 Å². The maximum absolute atomic E-state index is 12.1. The summed E-state index contributed by atoms with van der Waals surface area (Å²) in [7, 11) is 0. The van der Waals surface area contributed by atoms with Gasteiger partial charge < -0.3 is 15.8 Å². The Morgan fingerprint density at radius 2 is 2.05 bits per heavy atom. The maximum atomic E-state index is 12.1. The predicted molar refractivity (Wildman–Crippen MR) is 79.7 cm³/mol. The van der Waals surface area contributed by atoms with Gasteiger partial charge in [0.1, 0.15) is 0 Å². The van der Waals surface area contributed by atoms with Crippen LogP contribution in [0, 0.1) is 0 Å². The van der Waals surface area contributed by atoms with E-state index in [1.165, 1.54) is 12.8 Å². The topological polar surface area (TPSA) is 64.4 Å². The maximum Gasteiger partial charge on any atom is 0.251 e. The molecule has 1 amide bonds. The van der Waals surface area contributed by atoms with E-state index in [0.717, 1.165) is 30.4 Å². The van der Waals surface area contributed by atoms with Crippen LogP contribution in [0.2, 0.25) is 0 Å². The summed E-state index contributed by atoms with van der Waals surface area (Å²) in [4.78, 5) is 12.1. The summed E-state index contributed by atoms with van der Waals surface area (Å²) in [6.45, 7) is 1.71. The molecule has 4 heteroatoms. The number of nitrogens with one attached hydrogen (secondary N) is 1. The summed E-state index contributed by atoms with van der Waals surface area (Å²) < 4.78 is 5.73. The SMILES string of the molecule is NCCc1ccccc1C(=O)NCCOC1CCCC1. The summed E-state index contributed by atoms with van der Waals surface area (Å²) in [6, 6.07) is 7.61. The van der Waals surface area contributed by atoms with Crippen LogP contribution in [0.5, 0.6) is 0 Å². The van der Waals surface area contributed by atoms with Crippen LogP contribution >= 0.6 is 0 Å². The van der Waals surface area contributed by atoms with Crippen molar-refractivity contribution in [3.63, 3.8) is 0 Å². The van der Waals surface area contributed by atoms with Crippen molar-refractivity contribution in [2.75, 3.05) is 19.7 Å². The van der Waals surface area contributed by atoms with E-state index in [1.807, 2.05) is 24.3 Å². The lowest BCUT2D eigenvalue weighted by atomic mass is 10.0. The number of hydrogen-bond donors (Lipinski definition) is 2. The first kappa shape index (κ1) is 15.0. The minimum atomic E-state index is -0.0379. The van der Waals surface area contributed by atoms with E-state index in [2.05, 4.69) is 5.32 Å². The fourth-order valence-electron chi connectivity index (χ4n) is 2.66. The van der Waals surface area contributed by atoms with Gasteiger partial charge in [0.05, 0.1) is 12.7 Å². The Kier molecular flexibility index (Phi) is 6.02. The number of ether oxygens (including phenoxy) is 1. The molecule has 0 atom stereocenters. The van der Waals surface area contributed by atoms with Crippen molar-refractivity contribution < 1.29 is 9.53 Å². The number of benzene rings is 1. The second-order valence-electron chi connectivity index (χ2n) is 5.23. The molecule has 4 nitrogen and oxygen atoms in total. The van der Waals surface area contributed by atoms with Gasteiger partial charge in [0.2, 0.25) is 0 Å². The van der Waals surface area contributed by atoms with E-state index >= 15 is 0 Å². The highest BCUT2D eigenvalue weighted by Crippen LogP contribution is 2.20. The van der Waals surface area contributed by atoms with E-state index in [9.17, 15) is 4.79 Å². The fourth-order valence-corrected chi connectivity index (χ4v) is 2.66. The zero-order valence-corrected chi connectivity index (χ0v) is 11.9. The zero-order valence-electron chi connectivity index (χ0n) is 11.9. The Hall–Kier alpha value is -1.39. The molecule has 0 radical (unpaired) electrons. The largest absolute Gasteiger partial charge is 0.376 e. The highest BCUT2D eigenvalue weighted by molar-refractivity contribution is 5.95. The van der Waals surface area contributed by atoms with Crippen molar-refractivity contribution in [1.29, 1.82) is 0 Å². The van der Waals surface area contributed by atoms with E-state index in [-0.39, 0.29) is 5.91 Å². The van der Waals surface area contributed by atoms with Gasteiger partial charge in [-0.15, -0.1) is 0 Å². The third-order valence-electron chi connectivity index (χ3n) is 3.72. The van der Waals surface area contributed by atoms with Gasteiger partial charge in [-0.25, -0.2) is 0 Å². The highest BCUT2D eigenvalue weighted by atomic mass is 16.5. The summed E-state index contributed by atoms with van der Waals surface area (Å²) in [5, 5.41) is 2.92. The minimum absolute atomic E-state index is 0.0379. The smallest absolute Gasteiger partial charge is 0.251 e. The molecule has 0 bridgehead atoms. The molecular weight excluding hydrogens is 252 g/mol. The van der Waals surface area contributed by atoms with E-state index in [1.54, 1.807) is 0 Å². The molecule has 0 aromatic heterocycles. The number of rotatable bonds is 7. The number of hydrogen-bond acceptors (Lipinski definition) is 3. The molecule has 1 aromatic carbocycles. The van der Waals surface area contributed by atoms with Gasteiger partial charge in [-0.3, -0.25) is 4.79 Å². The van der Waals surface area contributed by atoms with Gasteiger partial charge in [0, 0.05) is 12.1 Å². The van der Waals surface area contributed by atoms with Crippen molar-refractivity contribution in [2.24, 2.45) is 5.73 Å². The normalized spacial score (nSPS) is 15.4. The average Bonchev–Trinajstić information content (AvgIpc) is 2.97. The minimum Gasteiger partial charge on any atom is -0.376 e. The second kappa shape index (κ2) is 8.02. The summed E-state index contributed by atoms with van der Waals surface area (Å²) in [5.74, 6) is -0.0379. The lowest BCUT2D eigenvalue weighted by Gasteiger charge is -2.12. The second-order valence-corrected chi connectivity index (χ2v) is 5.23. The summed E-state index contributed by atoms with van der Waals surface area (Å²) >= 11 is 0.